The van der Waals surface area contributed by atoms with Crippen molar-refractivity contribution < 1.29 is 19.4 Å². The number of ether oxygens (including phenoxy) is 1. The van der Waals surface area contributed by atoms with E-state index >= 15 is 0 Å². The number of nitrogens with zero attached hydrogens (tertiary/aromatic N) is 1. The van der Waals surface area contributed by atoms with Crippen molar-refractivity contribution in [2.45, 2.75) is 25.3 Å². The van der Waals surface area contributed by atoms with Crippen molar-refractivity contribution in [3.8, 4) is 5.75 Å². The number of carbonyl (C=O) groups is 2. The van der Waals surface area contributed by atoms with Crippen molar-refractivity contribution in [3.05, 3.63) is 23.2 Å². The van der Waals surface area contributed by atoms with Crippen LogP contribution in [-0.2, 0) is 4.79 Å². The van der Waals surface area contributed by atoms with Gasteiger partial charge < -0.3 is 20.1 Å². The molecule has 0 unspecified atom stereocenters. The molecule has 2 amide bonds. The van der Waals surface area contributed by atoms with E-state index in [0.717, 1.165) is 12.8 Å². The van der Waals surface area contributed by atoms with E-state index in [1.54, 1.807) is 23.1 Å². The van der Waals surface area contributed by atoms with Gasteiger partial charge in [-0.3, -0.25) is 4.79 Å². The minimum atomic E-state index is -0.916. The van der Waals surface area contributed by atoms with Gasteiger partial charge in [-0.05, 0) is 31.0 Å². The van der Waals surface area contributed by atoms with Gasteiger partial charge >= 0.3 is 12.0 Å². The van der Waals surface area contributed by atoms with Crippen LogP contribution in [0.4, 0.5) is 10.5 Å². The van der Waals surface area contributed by atoms with Crippen LogP contribution < -0.4 is 10.1 Å². The van der Waals surface area contributed by atoms with Gasteiger partial charge in [0, 0.05) is 18.3 Å². The third kappa shape index (κ3) is 4.26. The van der Waals surface area contributed by atoms with Gasteiger partial charge in [-0.1, -0.05) is 11.6 Å². The molecule has 1 saturated carbocycles. The number of halogens is 1. The first kappa shape index (κ1) is 15.4. The normalized spacial score (nSPS) is 13.6. The molecule has 7 heteroatoms. The van der Waals surface area contributed by atoms with E-state index in [4.69, 9.17) is 21.4 Å². The van der Waals surface area contributed by atoms with Crippen molar-refractivity contribution in [3.63, 3.8) is 0 Å². The van der Waals surface area contributed by atoms with Crippen LogP contribution in [0, 0.1) is 0 Å². The molecule has 0 spiro atoms. The van der Waals surface area contributed by atoms with E-state index in [9.17, 15) is 9.59 Å². The lowest BCUT2D eigenvalue weighted by Gasteiger charge is -2.22. The standard InChI is InChI=1S/C14H17ClN2O4/c1-21-12-5-2-9(8-11(12)15)16-14(20)17(10-3-4-10)7-6-13(18)19/h2,5,8,10H,3-4,6-7H2,1H3,(H,16,20)(H,18,19). The predicted molar refractivity (Wildman–Crippen MR) is 79.0 cm³/mol. The number of hydrogen-bond acceptors (Lipinski definition) is 3. The van der Waals surface area contributed by atoms with E-state index in [2.05, 4.69) is 5.32 Å². The third-order valence-electron chi connectivity index (χ3n) is 3.22. The lowest BCUT2D eigenvalue weighted by Crippen LogP contribution is -2.38. The Morgan fingerprint density at radius 3 is 2.71 bits per heavy atom. The maximum Gasteiger partial charge on any atom is 0.322 e. The van der Waals surface area contributed by atoms with Gasteiger partial charge in [0.25, 0.3) is 0 Å². The molecule has 0 atom stereocenters. The minimum absolute atomic E-state index is 0.0622. The summed E-state index contributed by atoms with van der Waals surface area (Å²) in [6.07, 6.45) is 1.76. The molecule has 21 heavy (non-hydrogen) atoms. The number of methoxy groups -OCH3 is 1. The van der Waals surface area contributed by atoms with E-state index in [1.165, 1.54) is 7.11 Å². The fourth-order valence-electron chi connectivity index (χ4n) is 1.99. The number of anilines is 1. The van der Waals surface area contributed by atoms with Gasteiger partial charge in [-0.25, -0.2) is 4.79 Å². The Labute approximate surface area is 127 Å². The van der Waals surface area contributed by atoms with Crippen LogP contribution in [0.5, 0.6) is 5.75 Å². The molecule has 1 aromatic carbocycles. The maximum absolute atomic E-state index is 12.2. The molecule has 0 aliphatic heterocycles. The molecule has 0 saturated heterocycles. The number of aliphatic carboxylic acids is 1. The average molecular weight is 313 g/mol. The van der Waals surface area contributed by atoms with Gasteiger partial charge in [0.2, 0.25) is 0 Å². The van der Waals surface area contributed by atoms with E-state index < -0.39 is 5.97 Å². The number of rotatable bonds is 6. The second-order valence-electron chi connectivity index (χ2n) is 4.85. The largest absolute Gasteiger partial charge is 0.495 e. The maximum atomic E-state index is 12.2. The Hall–Kier alpha value is -1.95. The fourth-order valence-corrected chi connectivity index (χ4v) is 2.25. The predicted octanol–water partition coefficient (Wildman–Crippen LogP) is 2.82. The van der Waals surface area contributed by atoms with Gasteiger partial charge in [0.1, 0.15) is 5.75 Å². The first-order valence-corrected chi connectivity index (χ1v) is 7.02. The molecule has 1 aliphatic carbocycles. The van der Waals surface area contributed by atoms with Crippen LogP contribution in [0.2, 0.25) is 5.02 Å². The Morgan fingerprint density at radius 1 is 1.48 bits per heavy atom. The van der Waals surface area contributed by atoms with Crippen LogP contribution in [0.1, 0.15) is 19.3 Å². The molecule has 1 fully saturated rings. The minimum Gasteiger partial charge on any atom is -0.495 e. The number of carboxylic acid groups (broad SMARTS) is 1. The average Bonchev–Trinajstić information content (AvgIpc) is 3.23. The Bertz CT molecular complexity index is 546. The highest BCUT2D eigenvalue weighted by atomic mass is 35.5. The highest BCUT2D eigenvalue weighted by molar-refractivity contribution is 6.32. The zero-order valence-electron chi connectivity index (χ0n) is 11.6. The molecule has 1 aliphatic rings. The summed E-state index contributed by atoms with van der Waals surface area (Å²) in [6, 6.07) is 4.78. The second kappa shape index (κ2) is 6.67. The molecular weight excluding hydrogens is 296 g/mol. The van der Waals surface area contributed by atoms with E-state index in [-0.39, 0.29) is 25.0 Å². The molecule has 114 valence electrons. The van der Waals surface area contributed by atoms with Crippen molar-refractivity contribution in [2.24, 2.45) is 0 Å². The Kier molecular flexibility index (Phi) is 4.90. The van der Waals surface area contributed by atoms with Gasteiger partial charge in [-0.2, -0.15) is 0 Å². The summed E-state index contributed by atoms with van der Waals surface area (Å²) in [6.45, 7) is 0.204. The second-order valence-corrected chi connectivity index (χ2v) is 5.25. The van der Waals surface area contributed by atoms with Crippen LogP contribution in [-0.4, -0.2) is 41.7 Å². The SMILES string of the molecule is COc1ccc(NC(=O)N(CCC(=O)O)C2CC2)cc1Cl. The molecule has 2 rings (SSSR count). The molecule has 6 nitrogen and oxygen atoms in total. The summed E-state index contributed by atoms with van der Waals surface area (Å²) < 4.78 is 5.05. The number of amides is 2. The molecule has 1 aromatic rings. The summed E-state index contributed by atoms with van der Waals surface area (Å²) >= 11 is 6.00. The summed E-state index contributed by atoms with van der Waals surface area (Å²) in [7, 11) is 1.51. The summed E-state index contributed by atoms with van der Waals surface area (Å²) in [5, 5.41) is 11.9. The first-order chi connectivity index (χ1) is 10.0. The Morgan fingerprint density at radius 2 is 2.19 bits per heavy atom. The Balaban J connectivity index is 2.01. The molecule has 2 N–H and O–H groups in total. The monoisotopic (exact) mass is 312 g/mol. The lowest BCUT2D eigenvalue weighted by molar-refractivity contribution is -0.137. The van der Waals surface area contributed by atoms with Gasteiger partial charge in [-0.15, -0.1) is 0 Å². The smallest absolute Gasteiger partial charge is 0.322 e. The fraction of sp³-hybridized carbons (Fsp3) is 0.429. The van der Waals surface area contributed by atoms with Gasteiger partial charge in [0.05, 0.1) is 18.6 Å². The summed E-state index contributed by atoms with van der Waals surface area (Å²) in [5.74, 6) is -0.388. The number of nitrogens with one attached hydrogen (secondary N) is 1. The lowest BCUT2D eigenvalue weighted by atomic mass is 10.3. The van der Waals surface area contributed by atoms with Crippen LogP contribution in [0.15, 0.2) is 18.2 Å². The highest BCUT2D eigenvalue weighted by Crippen LogP contribution is 2.29. The van der Waals surface area contributed by atoms with Crippen molar-refractivity contribution in [2.75, 3.05) is 19.0 Å². The zero-order chi connectivity index (χ0) is 15.4. The van der Waals surface area contributed by atoms with E-state index in [0.29, 0.717) is 16.5 Å². The van der Waals surface area contributed by atoms with Crippen molar-refractivity contribution >= 4 is 29.3 Å². The van der Waals surface area contributed by atoms with Crippen LogP contribution >= 0.6 is 11.6 Å². The van der Waals surface area contributed by atoms with Crippen molar-refractivity contribution in [1.29, 1.82) is 0 Å². The molecule has 0 aromatic heterocycles. The summed E-state index contributed by atoms with van der Waals surface area (Å²) in [5.41, 5.74) is 0.548. The summed E-state index contributed by atoms with van der Waals surface area (Å²) in [4.78, 5) is 24.4. The molecule has 0 bridgehead atoms. The number of benzene rings is 1. The first-order valence-electron chi connectivity index (χ1n) is 6.64. The van der Waals surface area contributed by atoms with E-state index in [1.807, 2.05) is 0 Å². The molecular formula is C14H17ClN2O4. The number of urea groups is 1. The van der Waals surface area contributed by atoms with Gasteiger partial charge in [0.15, 0.2) is 0 Å². The highest BCUT2D eigenvalue weighted by Gasteiger charge is 2.32. The molecule has 0 heterocycles. The van der Waals surface area contributed by atoms with Crippen LogP contribution in [0.25, 0.3) is 0 Å². The number of carboxylic acids is 1. The number of carbonyl (C=O) groups excluding carboxylic acids is 1. The molecule has 0 radical (unpaired) electrons. The zero-order valence-corrected chi connectivity index (χ0v) is 12.4. The quantitative estimate of drug-likeness (QED) is 0.846. The number of hydrogen-bond donors (Lipinski definition) is 2. The third-order valence-corrected chi connectivity index (χ3v) is 3.51. The van der Waals surface area contributed by atoms with Crippen molar-refractivity contribution in [1.82, 2.24) is 4.90 Å². The van der Waals surface area contributed by atoms with Crippen LogP contribution in [0.3, 0.4) is 0 Å². The topological polar surface area (TPSA) is 78.9 Å².